The van der Waals surface area contributed by atoms with Crippen LogP contribution in [0.25, 0.3) is 0 Å². The van der Waals surface area contributed by atoms with E-state index in [-0.39, 0.29) is 11.4 Å². The number of ether oxygens (including phenoxy) is 1. The Morgan fingerprint density at radius 3 is 2.43 bits per heavy atom. The zero-order valence-electron chi connectivity index (χ0n) is 11.6. The lowest BCUT2D eigenvalue weighted by atomic mass is 10.0. The van der Waals surface area contributed by atoms with E-state index < -0.39 is 29.1 Å². The molecule has 1 N–H and O–H groups in total. The molecule has 114 valence electrons. The smallest absolute Gasteiger partial charge is 0.163 e. The molecule has 2 rings (SSSR count). The molecule has 0 spiro atoms. The largest absolute Gasteiger partial charge is 0.493 e. The van der Waals surface area contributed by atoms with Crippen LogP contribution < -0.4 is 4.74 Å². The number of aromatic nitrogens is 2. The van der Waals surface area contributed by atoms with Gasteiger partial charge >= 0.3 is 0 Å². The predicted octanol–water partition coefficient (Wildman–Crippen LogP) is 2.80. The standard InChI is InChI=1S/C14H15F3N2O2/c1-3-4-19-13(11(21-2)7-18-19)14(20)12-9(16)5-8(15)6-10(12)17/h5-7,14,20H,3-4H2,1-2H3. The number of benzene rings is 1. The second-order valence-corrected chi connectivity index (χ2v) is 4.51. The summed E-state index contributed by atoms with van der Waals surface area (Å²) in [5.41, 5.74) is -0.503. The van der Waals surface area contributed by atoms with Gasteiger partial charge in [-0.15, -0.1) is 0 Å². The van der Waals surface area contributed by atoms with Crippen LogP contribution in [0.15, 0.2) is 18.3 Å². The number of hydrogen-bond donors (Lipinski definition) is 1. The van der Waals surface area contributed by atoms with Crippen LogP contribution in [0.2, 0.25) is 0 Å². The van der Waals surface area contributed by atoms with Crippen LogP contribution in [0.3, 0.4) is 0 Å². The molecule has 1 heterocycles. The maximum Gasteiger partial charge on any atom is 0.163 e. The number of aliphatic hydroxyl groups is 1. The van der Waals surface area contributed by atoms with Crippen molar-refractivity contribution in [2.75, 3.05) is 7.11 Å². The van der Waals surface area contributed by atoms with Crippen molar-refractivity contribution >= 4 is 0 Å². The molecule has 0 aliphatic heterocycles. The Morgan fingerprint density at radius 1 is 1.29 bits per heavy atom. The van der Waals surface area contributed by atoms with E-state index in [0.717, 1.165) is 0 Å². The third-order valence-corrected chi connectivity index (χ3v) is 3.08. The second-order valence-electron chi connectivity index (χ2n) is 4.51. The molecule has 0 aliphatic carbocycles. The molecule has 0 aliphatic rings. The molecule has 4 nitrogen and oxygen atoms in total. The summed E-state index contributed by atoms with van der Waals surface area (Å²) in [7, 11) is 1.36. The number of hydrogen-bond acceptors (Lipinski definition) is 3. The Labute approximate surface area is 119 Å². The van der Waals surface area contributed by atoms with E-state index in [9.17, 15) is 18.3 Å². The minimum Gasteiger partial charge on any atom is -0.493 e. The van der Waals surface area contributed by atoms with Crippen LogP contribution in [0, 0.1) is 17.5 Å². The molecular formula is C14H15F3N2O2. The van der Waals surface area contributed by atoms with Crippen molar-refractivity contribution in [3.05, 3.63) is 47.0 Å². The number of halogens is 3. The van der Waals surface area contributed by atoms with E-state index in [1.165, 1.54) is 18.0 Å². The van der Waals surface area contributed by atoms with Crippen LogP contribution >= 0.6 is 0 Å². The highest BCUT2D eigenvalue weighted by Crippen LogP contribution is 2.33. The first-order valence-electron chi connectivity index (χ1n) is 6.41. The van der Waals surface area contributed by atoms with Gasteiger partial charge in [-0.05, 0) is 6.42 Å². The van der Waals surface area contributed by atoms with Crippen molar-refractivity contribution in [3.63, 3.8) is 0 Å². The van der Waals surface area contributed by atoms with Crippen molar-refractivity contribution in [2.24, 2.45) is 0 Å². The second kappa shape index (κ2) is 6.17. The highest BCUT2D eigenvalue weighted by molar-refractivity contribution is 5.36. The molecule has 2 aromatic rings. The third-order valence-electron chi connectivity index (χ3n) is 3.08. The van der Waals surface area contributed by atoms with Gasteiger partial charge in [0, 0.05) is 18.7 Å². The molecule has 0 radical (unpaired) electrons. The lowest BCUT2D eigenvalue weighted by molar-refractivity contribution is 0.191. The Hall–Kier alpha value is -2.02. The quantitative estimate of drug-likeness (QED) is 0.923. The highest BCUT2D eigenvalue weighted by atomic mass is 19.1. The highest BCUT2D eigenvalue weighted by Gasteiger charge is 2.27. The van der Waals surface area contributed by atoms with Gasteiger partial charge in [-0.25, -0.2) is 13.2 Å². The molecule has 1 aromatic heterocycles. The van der Waals surface area contributed by atoms with Gasteiger partial charge in [-0.1, -0.05) is 6.92 Å². The van der Waals surface area contributed by atoms with Crippen molar-refractivity contribution in [1.82, 2.24) is 9.78 Å². The number of nitrogens with zero attached hydrogens (tertiary/aromatic N) is 2. The summed E-state index contributed by atoms with van der Waals surface area (Å²) < 4.78 is 47.0. The van der Waals surface area contributed by atoms with Crippen LogP contribution in [0.5, 0.6) is 5.75 Å². The van der Waals surface area contributed by atoms with Gasteiger partial charge in [0.15, 0.2) is 5.75 Å². The first-order chi connectivity index (χ1) is 9.99. The van der Waals surface area contributed by atoms with Gasteiger partial charge in [-0.3, -0.25) is 4.68 Å². The summed E-state index contributed by atoms with van der Waals surface area (Å²) in [6.45, 7) is 2.34. The van der Waals surface area contributed by atoms with Crippen molar-refractivity contribution in [3.8, 4) is 5.75 Å². The fourth-order valence-electron chi connectivity index (χ4n) is 2.15. The average Bonchev–Trinajstić information content (AvgIpc) is 2.80. The minimum atomic E-state index is -1.64. The molecule has 0 saturated carbocycles. The molecular weight excluding hydrogens is 285 g/mol. The van der Waals surface area contributed by atoms with Crippen LogP contribution in [0.1, 0.15) is 30.7 Å². The molecule has 0 bridgehead atoms. The van der Waals surface area contributed by atoms with Gasteiger partial charge in [0.2, 0.25) is 0 Å². The number of methoxy groups -OCH3 is 1. The summed E-state index contributed by atoms with van der Waals surface area (Å²) in [6.07, 6.45) is 0.418. The van der Waals surface area contributed by atoms with E-state index in [2.05, 4.69) is 5.10 Å². The van der Waals surface area contributed by atoms with E-state index >= 15 is 0 Å². The molecule has 1 atom stereocenters. The van der Waals surface area contributed by atoms with E-state index in [0.29, 0.717) is 25.1 Å². The molecule has 0 amide bonds. The number of rotatable bonds is 5. The van der Waals surface area contributed by atoms with Gasteiger partial charge in [0.25, 0.3) is 0 Å². The lowest BCUT2D eigenvalue weighted by Crippen LogP contribution is -2.14. The topological polar surface area (TPSA) is 47.3 Å². The predicted molar refractivity (Wildman–Crippen MR) is 69.4 cm³/mol. The first-order valence-corrected chi connectivity index (χ1v) is 6.41. The Balaban J connectivity index is 2.54. The molecule has 0 saturated heterocycles. The van der Waals surface area contributed by atoms with Gasteiger partial charge in [0.1, 0.15) is 29.2 Å². The fraction of sp³-hybridized carbons (Fsp3) is 0.357. The fourth-order valence-corrected chi connectivity index (χ4v) is 2.15. The zero-order chi connectivity index (χ0) is 15.6. The maximum absolute atomic E-state index is 13.8. The van der Waals surface area contributed by atoms with Crippen LogP contribution in [-0.2, 0) is 6.54 Å². The normalized spacial score (nSPS) is 12.5. The Kier molecular flexibility index (Phi) is 4.52. The number of aliphatic hydroxyl groups excluding tert-OH is 1. The monoisotopic (exact) mass is 300 g/mol. The first kappa shape index (κ1) is 15.4. The Morgan fingerprint density at radius 2 is 1.90 bits per heavy atom. The maximum atomic E-state index is 13.8. The Bertz CT molecular complexity index is 620. The molecule has 21 heavy (non-hydrogen) atoms. The summed E-state index contributed by atoms with van der Waals surface area (Å²) in [6, 6.07) is 1.04. The zero-order valence-corrected chi connectivity index (χ0v) is 11.6. The summed E-state index contributed by atoms with van der Waals surface area (Å²) in [5.74, 6) is -3.16. The summed E-state index contributed by atoms with van der Waals surface area (Å²) in [5, 5.41) is 14.3. The van der Waals surface area contributed by atoms with Crippen molar-refractivity contribution in [2.45, 2.75) is 26.0 Å². The van der Waals surface area contributed by atoms with Gasteiger partial charge in [0.05, 0.1) is 18.9 Å². The van der Waals surface area contributed by atoms with E-state index in [1.54, 1.807) is 0 Å². The van der Waals surface area contributed by atoms with Gasteiger partial charge < -0.3 is 9.84 Å². The number of aryl methyl sites for hydroxylation is 1. The molecule has 7 heteroatoms. The SMILES string of the molecule is CCCn1ncc(OC)c1C(O)c1c(F)cc(F)cc1F. The van der Waals surface area contributed by atoms with E-state index in [4.69, 9.17) is 4.74 Å². The minimum absolute atomic E-state index is 0.128. The van der Waals surface area contributed by atoms with E-state index in [1.807, 2.05) is 6.92 Å². The molecule has 1 unspecified atom stereocenters. The van der Waals surface area contributed by atoms with Crippen LogP contribution in [-0.4, -0.2) is 22.0 Å². The summed E-state index contributed by atoms with van der Waals surface area (Å²) >= 11 is 0. The average molecular weight is 300 g/mol. The third kappa shape index (κ3) is 2.87. The molecule has 0 fully saturated rings. The van der Waals surface area contributed by atoms with Gasteiger partial charge in [-0.2, -0.15) is 5.10 Å². The lowest BCUT2D eigenvalue weighted by Gasteiger charge is -2.16. The molecule has 1 aromatic carbocycles. The van der Waals surface area contributed by atoms with Crippen molar-refractivity contribution in [1.29, 1.82) is 0 Å². The van der Waals surface area contributed by atoms with Crippen LogP contribution in [0.4, 0.5) is 13.2 Å². The summed E-state index contributed by atoms with van der Waals surface area (Å²) in [4.78, 5) is 0. The van der Waals surface area contributed by atoms with Crippen molar-refractivity contribution < 1.29 is 23.0 Å².